The highest BCUT2D eigenvalue weighted by molar-refractivity contribution is 5.27. The van der Waals surface area contributed by atoms with Crippen molar-refractivity contribution in [2.24, 2.45) is 35.5 Å². The summed E-state index contributed by atoms with van der Waals surface area (Å²) in [6.45, 7) is 5.52. The van der Waals surface area contributed by atoms with Crippen LogP contribution in [0.15, 0.2) is 36.4 Å². The molecule has 4 rings (SSSR count). The lowest BCUT2D eigenvalue weighted by Gasteiger charge is -2.40. The maximum atomic E-state index is 6.20. The molecule has 0 radical (unpaired) electrons. The average molecular weight is 465 g/mol. The molecule has 0 amide bonds. The molecule has 1 aromatic rings. The summed E-state index contributed by atoms with van der Waals surface area (Å²) in [6, 6.07) is 8.92. The van der Waals surface area contributed by atoms with Crippen molar-refractivity contribution in [3.05, 3.63) is 42.0 Å². The van der Waals surface area contributed by atoms with Gasteiger partial charge in [-0.2, -0.15) is 0 Å². The molecule has 0 bridgehead atoms. The third-order valence-electron chi connectivity index (χ3n) is 9.62. The highest BCUT2D eigenvalue weighted by Gasteiger charge is 2.33. The molecule has 190 valence electrons. The summed E-state index contributed by atoms with van der Waals surface area (Å²) in [5.41, 5.74) is 1.45. The van der Waals surface area contributed by atoms with Crippen molar-refractivity contribution in [3.63, 3.8) is 0 Å². The Balaban J connectivity index is 1.12. The van der Waals surface area contributed by atoms with Crippen LogP contribution in [0.25, 0.3) is 0 Å². The molecule has 3 aliphatic rings. The third kappa shape index (κ3) is 7.63. The highest BCUT2D eigenvalue weighted by atomic mass is 16.5. The van der Waals surface area contributed by atoms with Gasteiger partial charge in [0.25, 0.3) is 0 Å². The van der Waals surface area contributed by atoms with Gasteiger partial charge in [-0.05, 0) is 137 Å². The molecule has 34 heavy (non-hydrogen) atoms. The first-order valence-electron chi connectivity index (χ1n) is 15.1. The van der Waals surface area contributed by atoms with E-state index in [9.17, 15) is 0 Å². The molecular formula is C33H52O. The van der Waals surface area contributed by atoms with E-state index in [0.717, 1.165) is 47.9 Å². The van der Waals surface area contributed by atoms with Crippen molar-refractivity contribution < 1.29 is 4.74 Å². The predicted octanol–water partition coefficient (Wildman–Crippen LogP) is 9.79. The second-order valence-corrected chi connectivity index (χ2v) is 12.0. The summed E-state index contributed by atoms with van der Waals surface area (Å²) in [5, 5.41) is 0. The van der Waals surface area contributed by atoms with Crippen LogP contribution < -0.4 is 4.74 Å². The Morgan fingerprint density at radius 1 is 0.676 bits per heavy atom. The first-order valence-corrected chi connectivity index (χ1v) is 15.1. The molecule has 1 nitrogen and oxygen atoms in total. The lowest BCUT2D eigenvalue weighted by molar-refractivity contribution is 0.113. The zero-order valence-corrected chi connectivity index (χ0v) is 22.4. The van der Waals surface area contributed by atoms with E-state index in [1.54, 1.807) is 0 Å². The Labute approximate surface area is 211 Å². The van der Waals surface area contributed by atoms with Gasteiger partial charge in [0.2, 0.25) is 0 Å². The van der Waals surface area contributed by atoms with Crippen LogP contribution in [-0.4, -0.2) is 6.61 Å². The molecule has 1 aromatic carbocycles. The van der Waals surface area contributed by atoms with Crippen LogP contribution in [0.5, 0.6) is 5.75 Å². The number of rotatable bonds is 11. The van der Waals surface area contributed by atoms with Gasteiger partial charge < -0.3 is 4.74 Å². The van der Waals surface area contributed by atoms with Gasteiger partial charge in [0.05, 0.1) is 6.61 Å². The molecule has 2 unspecified atom stereocenters. The maximum Gasteiger partial charge on any atom is 0.119 e. The fourth-order valence-corrected chi connectivity index (χ4v) is 7.32. The van der Waals surface area contributed by atoms with Crippen LogP contribution in [0.4, 0.5) is 0 Å². The fraction of sp³-hybridized carbons (Fsp3) is 0.758. The monoisotopic (exact) mass is 464 g/mol. The predicted molar refractivity (Wildman–Crippen MR) is 146 cm³/mol. The van der Waals surface area contributed by atoms with Crippen molar-refractivity contribution in [1.82, 2.24) is 0 Å². The minimum absolute atomic E-state index is 0.764. The number of unbranched alkanes of at least 4 members (excludes halogenated alkanes) is 2. The molecule has 0 heterocycles. The van der Waals surface area contributed by atoms with Crippen molar-refractivity contribution in [1.29, 1.82) is 0 Å². The van der Waals surface area contributed by atoms with E-state index >= 15 is 0 Å². The average Bonchev–Trinajstić information content (AvgIpc) is 2.89. The lowest BCUT2D eigenvalue weighted by atomic mass is 9.66. The highest BCUT2D eigenvalue weighted by Crippen LogP contribution is 2.45. The van der Waals surface area contributed by atoms with Gasteiger partial charge in [-0.3, -0.25) is 0 Å². The summed E-state index contributed by atoms with van der Waals surface area (Å²) in [4.78, 5) is 0. The number of aryl methyl sites for hydroxylation is 1. The third-order valence-corrected chi connectivity index (χ3v) is 9.62. The minimum Gasteiger partial charge on any atom is -0.493 e. The van der Waals surface area contributed by atoms with Crippen LogP contribution in [0.3, 0.4) is 0 Å². The zero-order chi connectivity index (χ0) is 23.6. The van der Waals surface area contributed by atoms with E-state index in [2.05, 4.69) is 50.3 Å². The zero-order valence-electron chi connectivity index (χ0n) is 22.4. The molecule has 2 saturated carbocycles. The van der Waals surface area contributed by atoms with Gasteiger partial charge in [0, 0.05) is 0 Å². The Morgan fingerprint density at radius 2 is 1.35 bits per heavy atom. The van der Waals surface area contributed by atoms with Gasteiger partial charge in [0.1, 0.15) is 5.75 Å². The van der Waals surface area contributed by atoms with Gasteiger partial charge >= 0.3 is 0 Å². The lowest BCUT2D eigenvalue weighted by Crippen LogP contribution is -2.29. The number of hydrogen-bond donors (Lipinski definition) is 0. The first-order chi connectivity index (χ1) is 16.7. The number of ether oxygens (including phenoxy) is 1. The van der Waals surface area contributed by atoms with Crippen LogP contribution in [0.1, 0.15) is 116 Å². The molecular weight excluding hydrogens is 412 g/mol. The van der Waals surface area contributed by atoms with Gasteiger partial charge in [-0.1, -0.05) is 57.4 Å². The second kappa shape index (κ2) is 13.7. The molecule has 3 aliphatic carbocycles. The van der Waals surface area contributed by atoms with Crippen molar-refractivity contribution in [3.8, 4) is 5.75 Å². The van der Waals surface area contributed by atoms with E-state index in [4.69, 9.17) is 4.74 Å². The first kappa shape index (κ1) is 25.8. The summed E-state index contributed by atoms with van der Waals surface area (Å²) >= 11 is 0. The second-order valence-electron chi connectivity index (χ2n) is 12.0. The fourth-order valence-electron chi connectivity index (χ4n) is 7.32. The molecule has 0 saturated heterocycles. The SMILES string of the molecule is CCCCCc1ccc(OCC2CCC(C3CCC(C4C=CC(CCC)CC4)CC3)CC2)cc1. The molecule has 2 fully saturated rings. The number of hydrogen-bond acceptors (Lipinski definition) is 1. The standard InChI is InChI=1S/C33H52O/c1-3-5-6-8-27-13-23-33(24-14-27)34-25-28-11-17-30(18-12-28)32-21-19-31(20-22-32)29-15-9-26(7-4-2)10-16-29/h9,13-15,23-24,26,28-32H,3-8,10-12,16-22,25H2,1-2H3. The number of benzene rings is 1. The molecule has 0 spiro atoms. The van der Waals surface area contributed by atoms with Crippen molar-refractivity contribution in [2.45, 2.75) is 117 Å². The van der Waals surface area contributed by atoms with Crippen LogP contribution >= 0.6 is 0 Å². The normalized spacial score (nSPS) is 31.9. The molecule has 1 heteroatoms. The van der Waals surface area contributed by atoms with Crippen molar-refractivity contribution in [2.75, 3.05) is 6.61 Å². The maximum absolute atomic E-state index is 6.20. The van der Waals surface area contributed by atoms with Gasteiger partial charge in [-0.25, -0.2) is 0 Å². The van der Waals surface area contributed by atoms with E-state index in [-0.39, 0.29) is 0 Å². The molecule has 0 N–H and O–H groups in total. The van der Waals surface area contributed by atoms with Crippen molar-refractivity contribution >= 4 is 0 Å². The largest absolute Gasteiger partial charge is 0.493 e. The summed E-state index contributed by atoms with van der Waals surface area (Å²) in [7, 11) is 0. The minimum atomic E-state index is 0.764. The van der Waals surface area contributed by atoms with Crippen LogP contribution in [0, 0.1) is 35.5 Å². The summed E-state index contributed by atoms with van der Waals surface area (Å²) < 4.78 is 6.20. The Morgan fingerprint density at radius 3 is 1.97 bits per heavy atom. The Hall–Kier alpha value is -1.24. The van der Waals surface area contributed by atoms with E-state index < -0.39 is 0 Å². The summed E-state index contributed by atoms with van der Waals surface area (Å²) in [5.74, 6) is 6.60. The van der Waals surface area contributed by atoms with E-state index in [1.807, 2.05) is 0 Å². The topological polar surface area (TPSA) is 9.23 Å². The van der Waals surface area contributed by atoms with E-state index in [0.29, 0.717) is 0 Å². The van der Waals surface area contributed by atoms with Crippen LogP contribution in [-0.2, 0) is 6.42 Å². The summed E-state index contributed by atoms with van der Waals surface area (Å²) in [6.07, 6.45) is 27.6. The number of allylic oxidation sites excluding steroid dienone is 2. The smallest absolute Gasteiger partial charge is 0.119 e. The van der Waals surface area contributed by atoms with E-state index in [1.165, 1.54) is 108 Å². The molecule has 0 aromatic heterocycles. The molecule has 0 aliphatic heterocycles. The van der Waals surface area contributed by atoms with Crippen LogP contribution in [0.2, 0.25) is 0 Å². The Kier molecular flexibility index (Phi) is 10.4. The Bertz CT molecular complexity index is 703. The van der Waals surface area contributed by atoms with Gasteiger partial charge in [-0.15, -0.1) is 0 Å². The quantitative estimate of drug-likeness (QED) is 0.234. The molecule has 2 atom stereocenters. The van der Waals surface area contributed by atoms with Gasteiger partial charge in [0.15, 0.2) is 0 Å².